The van der Waals surface area contributed by atoms with Crippen LogP contribution in [0.5, 0.6) is 5.75 Å². The van der Waals surface area contributed by atoms with Crippen molar-refractivity contribution in [3.63, 3.8) is 0 Å². The summed E-state index contributed by atoms with van der Waals surface area (Å²) in [6.45, 7) is 5.30. The molecule has 1 aliphatic heterocycles. The van der Waals surface area contributed by atoms with Crippen LogP contribution in [0.2, 0.25) is 0 Å². The molecule has 24 nitrogen and oxygen atoms in total. The standard InChI is InChI=1S/C62H80N14O10/c1-4-66-60(85)53-21-13-27-76(53)61(86)47(20-12-26-67-62(64)65)70-55(80)48(28-36(2)3)72-57(82)51(32-40-34-69-46-19-11-9-17-43(40)46)74-56(81)49(30-38-22-24-41(78)25-23-38)73-59(84)52(35-77)75-58(83)50(31-39-33-68-45-18-10-8-16-42(39)45)71-54(79)44(63)29-37-14-6-5-7-15-37/h5-11,14-19,22-25,33-34,36,44,47-53,68-69,77-78H,4,12-13,20-21,26-32,35,63H2,1-3H3,(H,66,85)(H,70,80)(H,71,79)(H,72,82)(H,73,84)(H,74,81)(H,75,83)(H4,64,65,67)/t44-,47-,48-,49-,50-,51+,52-,53-/m0/s1. The number of likely N-dealkylation sites (tertiary alicyclic amines) is 1. The van der Waals surface area contributed by atoms with Crippen LogP contribution < -0.4 is 54.4 Å². The lowest BCUT2D eigenvalue weighted by atomic mass is 9.99. The van der Waals surface area contributed by atoms with Gasteiger partial charge in [-0.2, -0.15) is 0 Å². The highest BCUT2D eigenvalue weighted by atomic mass is 16.3. The number of aromatic hydroxyl groups is 1. The lowest BCUT2D eigenvalue weighted by Gasteiger charge is -2.30. The Kier molecular flexibility index (Phi) is 23.2. The molecule has 7 rings (SSSR count). The number of aliphatic imine (C=N–C) groups is 1. The number of hydrogen-bond donors (Lipinski definition) is 14. The van der Waals surface area contributed by atoms with E-state index in [2.05, 4.69) is 52.2 Å². The van der Waals surface area contributed by atoms with Crippen molar-refractivity contribution in [1.82, 2.24) is 52.1 Å². The van der Waals surface area contributed by atoms with Crippen molar-refractivity contribution in [3.05, 3.63) is 138 Å². The number of nitrogens with zero attached hydrogens (tertiary/aromatic N) is 2. The smallest absolute Gasteiger partial charge is 0.245 e. The quantitative estimate of drug-likeness (QED) is 0.0171. The Hall–Kier alpha value is -9.29. The van der Waals surface area contributed by atoms with E-state index < -0.39 is 96.3 Å². The van der Waals surface area contributed by atoms with E-state index in [9.17, 15) is 48.6 Å². The molecule has 0 unspecified atom stereocenters. The summed E-state index contributed by atoms with van der Waals surface area (Å²) in [7, 11) is 0. The minimum Gasteiger partial charge on any atom is -0.508 e. The van der Waals surface area contributed by atoms with Crippen LogP contribution in [0.4, 0.5) is 0 Å². The molecule has 24 heteroatoms. The molecule has 0 saturated carbocycles. The van der Waals surface area contributed by atoms with Crippen LogP contribution in [0.1, 0.15) is 75.1 Å². The SMILES string of the molecule is CCNC(=O)[C@@H]1CCCN1C(=O)[C@H](CCCN=C(N)N)NC(=O)[C@H](CC(C)C)NC(=O)[C@@H](Cc1c[nH]c2ccccc12)NC(=O)[C@H](Cc1ccc(O)cc1)NC(=O)[C@H](CO)NC(=O)[C@H](Cc1c[nH]c2ccccc12)NC(=O)[C@@H](N)Cc1ccccc1. The van der Waals surface area contributed by atoms with E-state index in [1.807, 2.05) is 92.7 Å². The third-order valence-electron chi connectivity index (χ3n) is 15.0. The number of nitrogens with one attached hydrogen (secondary N) is 9. The number of carbonyl (C=O) groups is 8. The number of amides is 8. The van der Waals surface area contributed by atoms with E-state index in [1.54, 1.807) is 19.3 Å². The summed E-state index contributed by atoms with van der Waals surface area (Å²) in [5.74, 6) is -6.09. The summed E-state index contributed by atoms with van der Waals surface area (Å²) >= 11 is 0. The number of hydrogen-bond acceptors (Lipinski definition) is 12. The molecule has 8 atom stereocenters. The molecule has 6 aromatic rings. The second-order valence-electron chi connectivity index (χ2n) is 22.0. The first kappa shape index (κ1) is 64.3. The van der Waals surface area contributed by atoms with E-state index in [0.29, 0.717) is 36.1 Å². The molecular weight excluding hydrogens is 1100 g/mol. The number of aliphatic hydroxyl groups excluding tert-OH is 1. The van der Waals surface area contributed by atoms with Crippen LogP contribution in [0.3, 0.4) is 0 Å². The number of carbonyl (C=O) groups excluding carboxylic acids is 8. The summed E-state index contributed by atoms with van der Waals surface area (Å²) < 4.78 is 0. The zero-order valence-corrected chi connectivity index (χ0v) is 48.6. The Morgan fingerprint density at radius 2 is 1.10 bits per heavy atom. The molecule has 0 bridgehead atoms. The molecule has 17 N–H and O–H groups in total. The van der Waals surface area contributed by atoms with Crippen LogP contribution in [-0.4, -0.2) is 153 Å². The first-order valence-corrected chi connectivity index (χ1v) is 29.1. The van der Waals surface area contributed by atoms with Crippen molar-refractivity contribution in [2.24, 2.45) is 28.1 Å². The minimum absolute atomic E-state index is 0.0531. The van der Waals surface area contributed by atoms with Gasteiger partial charge in [0.05, 0.1) is 12.6 Å². The maximum Gasteiger partial charge on any atom is 0.245 e. The van der Waals surface area contributed by atoms with Crippen LogP contribution in [0, 0.1) is 5.92 Å². The zero-order chi connectivity index (χ0) is 61.9. The van der Waals surface area contributed by atoms with Crippen molar-refractivity contribution >= 4 is 75.0 Å². The molecule has 0 radical (unpaired) electrons. The number of phenolic OH excluding ortho intramolecular Hbond substituents is 1. The van der Waals surface area contributed by atoms with Gasteiger partial charge in [0.25, 0.3) is 0 Å². The van der Waals surface area contributed by atoms with Crippen LogP contribution >= 0.6 is 0 Å². The zero-order valence-electron chi connectivity index (χ0n) is 48.6. The number of para-hydroxylation sites is 2. The number of nitrogens with two attached hydrogens (primary N) is 3. The maximum absolute atomic E-state index is 15.0. The molecule has 1 fully saturated rings. The molecule has 86 heavy (non-hydrogen) atoms. The number of guanidine groups is 1. The fourth-order valence-corrected chi connectivity index (χ4v) is 10.6. The largest absolute Gasteiger partial charge is 0.508 e. The molecule has 1 saturated heterocycles. The normalized spacial score (nSPS) is 15.5. The van der Waals surface area contributed by atoms with Gasteiger partial charge in [-0.25, -0.2) is 0 Å². The van der Waals surface area contributed by atoms with Gasteiger partial charge >= 0.3 is 0 Å². The lowest BCUT2D eigenvalue weighted by molar-refractivity contribution is -0.142. The van der Waals surface area contributed by atoms with Gasteiger partial charge in [0.2, 0.25) is 47.3 Å². The van der Waals surface area contributed by atoms with Crippen molar-refractivity contribution in [3.8, 4) is 5.75 Å². The van der Waals surface area contributed by atoms with Crippen molar-refractivity contribution in [2.75, 3.05) is 26.2 Å². The molecule has 1 aliphatic rings. The number of rotatable bonds is 30. The van der Waals surface area contributed by atoms with Gasteiger partial charge in [-0.1, -0.05) is 92.7 Å². The summed E-state index contributed by atoms with van der Waals surface area (Å²) in [5.41, 5.74) is 21.6. The van der Waals surface area contributed by atoms with E-state index in [0.717, 1.165) is 27.4 Å². The van der Waals surface area contributed by atoms with Gasteiger partial charge in [0, 0.05) is 73.1 Å². The molecule has 3 heterocycles. The third kappa shape index (κ3) is 17.9. The average molecular weight is 1180 g/mol. The molecule has 458 valence electrons. The fourth-order valence-electron chi connectivity index (χ4n) is 10.6. The highest BCUT2D eigenvalue weighted by Crippen LogP contribution is 2.23. The Bertz CT molecular complexity index is 3330. The van der Waals surface area contributed by atoms with E-state index >= 15 is 0 Å². The number of aromatic amines is 2. The number of benzene rings is 4. The summed E-state index contributed by atoms with van der Waals surface area (Å²) in [6, 6.07) is 19.4. The number of H-pyrrole nitrogens is 2. The Morgan fingerprint density at radius 3 is 1.66 bits per heavy atom. The minimum atomic E-state index is -1.69. The maximum atomic E-state index is 15.0. The molecule has 2 aromatic heterocycles. The van der Waals surface area contributed by atoms with Crippen LogP contribution in [0.25, 0.3) is 21.8 Å². The van der Waals surface area contributed by atoms with Crippen LogP contribution in [-0.2, 0) is 64.0 Å². The Labute approximate surface area is 498 Å². The predicted octanol–water partition coefficient (Wildman–Crippen LogP) is 1.08. The van der Waals surface area contributed by atoms with Crippen molar-refractivity contribution in [2.45, 2.75) is 127 Å². The lowest BCUT2D eigenvalue weighted by Crippen LogP contribution is -2.61. The molecule has 4 aromatic carbocycles. The van der Waals surface area contributed by atoms with Gasteiger partial charge in [-0.3, -0.25) is 43.3 Å². The fraction of sp³-hybridized carbons (Fsp3) is 0.403. The predicted molar refractivity (Wildman–Crippen MR) is 325 cm³/mol. The van der Waals surface area contributed by atoms with Gasteiger partial charge in [0.15, 0.2) is 5.96 Å². The topological polar surface area (TPSA) is 386 Å². The monoisotopic (exact) mass is 1180 g/mol. The molecule has 8 amide bonds. The number of phenols is 1. The Morgan fingerprint density at radius 1 is 0.616 bits per heavy atom. The van der Waals surface area contributed by atoms with Gasteiger partial charge in [0.1, 0.15) is 48.0 Å². The molecular formula is C62H80N14O10. The summed E-state index contributed by atoms with van der Waals surface area (Å²) in [6.07, 6.45) is 4.59. The van der Waals surface area contributed by atoms with Crippen LogP contribution in [0.15, 0.2) is 121 Å². The molecule has 0 aliphatic carbocycles. The van der Waals surface area contributed by atoms with Gasteiger partial charge in [-0.15, -0.1) is 0 Å². The number of aliphatic hydroxyl groups is 1. The third-order valence-corrected chi connectivity index (χ3v) is 15.0. The highest BCUT2D eigenvalue weighted by Gasteiger charge is 2.39. The number of likely N-dealkylation sites (N-methyl/N-ethyl adjacent to an activating group) is 1. The second kappa shape index (κ2) is 31.0. The Balaban J connectivity index is 1.14. The average Bonchev–Trinajstić information content (AvgIpc) is 4.44. The van der Waals surface area contributed by atoms with Crippen molar-refractivity contribution in [1.29, 1.82) is 0 Å². The second-order valence-corrected chi connectivity index (χ2v) is 22.0. The highest BCUT2D eigenvalue weighted by molar-refractivity contribution is 5.99. The number of aromatic nitrogens is 2. The molecule has 0 spiro atoms. The van der Waals surface area contributed by atoms with E-state index in [1.165, 1.54) is 29.2 Å². The first-order valence-electron chi connectivity index (χ1n) is 29.1. The van der Waals surface area contributed by atoms with Crippen molar-refractivity contribution < 1.29 is 48.6 Å². The summed E-state index contributed by atoms with van der Waals surface area (Å²) in [5, 5.41) is 41.8. The summed E-state index contributed by atoms with van der Waals surface area (Å²) in [4.78, 5) is 126. The van der Waals surface area contributed by atoms with Gasteiger partial charge in [-0.05, 0) is 97.9 Å². The number of fused-ring (bicyclic) bond motifs is 2. The van der Waals surface area contributed by atoms with Gasteiger partial charge < -0.3 is 79.5 Å². The van der Waals surface area contributed by atoms with E-state index in [-0.39, 0.29) is 81.6 Å². The first-order chi connectivity index (χ1) is 41.3. The van der Waals surface area contributed by atoms with E-state index in [4.69, 9.17) is 17.2 Å².